The zero-order valence-corrected chi connectivity index (χ0v) is 16.6. The molecule has 0 fully saturated rings. The number of hydrogen-bond donors (Lipinski definition) is 1. The number of carbonyl (C=O) groups is 1. The topological polar surface area (TPSA) is 81.3 Å². The molecule has 0 bridgehead atoms. The fourth-order valence-corrected chi connectivity index (χ4v) is 4.20. The lowest BCUT2D eigenvalue weighted by Gasteiger charge is -2.14. The van der Waals surface area contributed by atoms with Crippen molar-refractivity contribution in [1.29, 1.82) is 0 Å². The SMILES string of the molecule is Cc1ccn(-c2cccc3c2CCC3)c(=O)c1C(=O)NCc1cnc2cnccn12. The molecular weight excluding hydrogens is 378 g/mol. The molecule has 7 nitrogen and oxygen atoms in total. The van der Waals surface area contributed by atoms with Gasteiger partial charge >= 0.3 is 0 Å². The zero-order valence-electron chi connectivity index (χ0n) is 16.6. The van der Waals surface area contributed by atoms with Gasteiger partial charge in [-0.3, -0.25) is 23.5 Å². The Balaban J connectivity index is 1.47. The van der Waals surface area contributed by atoms with Crippen LogP contribution in [0.4, 0.5) is 0 Å². The van der Waals surface area contributed by atoms with Crippen LogP contribution in [0.15, 0.2) is 60.0 Å². The van der Waals surface area contributed by atoms with Crippen molar-refractivity contribution in [1.82, 2.24) is 24.3 Å². The minimum atomic E-state index is -0.386. The molecule has 0 aliphatic heterocycles. The van der Waals surface area contributed by atoms with Crippen LogP contribution in [0.5, 0.6) is 0 Å². The average Bonchev–Trinajstić information content (AvgIpc) is 3.39. The highest BCUT2D eigenvalue weighted by Crippen LogP contribution is 2.27. The molecule has 0 spiro atoms. The van der Waals surface area contributed by atoms with E-state index >= 15 is 0 Å². The Hall–Kier alpha value is -3.74. The van der Waals surface area contributed by atoms with Crippen LogP contribution >= 0.6 is 0 Å². The van der Waals surface area contributed by atoms with Crippen molar-refractivity contribution in [3.8, 4) is 5.69 Å². The number of hydrogen-bond acceptors (Lipinski definition) is 4. The van der Waals surface area contributed by atoms with Gasteiger partial charge in [-0.15, -0.1) is 0 Å². The summed E-state index contributed by atoms with van der Waals surface area (Å²) in [6, 6.07) is 7.87. The average molecular weight is 399 g/mol. The number of amides is 1. The van der Waals surface area contributed by atoms with Gasteiger partial charge in [-0.1, -0.05) is 12.1 Å². The molecule has 1 aliphatic rings. The molecule has 0 saturated heterocycles. The van der Waals surface area contributed by atoms with Gasteiger partial charge in [-0.2, -0.15) is 0 Å². The summed E-state index contributed by atoms with van der Waals surface area (Å²) in [5.74, 6) is -0.386. The smallest absolute Gasteiger partial charge is 0.268 e. The Morgan fingerprint density at radius 1 is 1.17 bits per heavy atom. The van der Waals surface area contributed by atoms with Gasteiger partial charge < -0.3 is 5.32 Å². The summed E-state index contributed by atoms with van der Waals surface area (Å²) >= 11 is 0. The Morgan fingerprint density at radius 2 is 2.07 bits per heavy atom. The molecule has 4 aromatic rings. The second-order valence-corrected chi connectivity index (χ2v) is 7.55. The van der Waals surface area contributed by atoms with E-state index in [9.17, 15) is 9.59 Å². The van der Waals surface area contributed by atoms with Crippen molar-refractivity contribution < 1.29 is 4.79 Å². The van der Waals surface area contributed by atoms with Gasteiger partial charge in [-0.05, 0) is 55.0 Å². The lowest BCUT2D eigenvalue weighted by Crippen LogP contribution is -2.33. The summed E-state index contributed by atoms with van der Waals surface area (Å²) in [7, 11) is 0. The molecule has 30 heavy (non-hydrogen) atoms. The molecule has 7 heteroatoms. The summed E-state index contributed by atoms with van der Waals surface area (Å²) in [6.45, 7) is 2.05. The van der Waals surface area contributed by atoms with E-state index in [4.69, 9.17) is 0 Å². The number of fused-ring (bicyclic) bond motifs is 2. The number of nitrogens with one attached hydrogen (secondary N) is 1. The van der Waals surface area contributed by atoms with Gasteiger partial charge in [0.1, 0.15) is 5.56 Å². The summed E-state index contributed by atoms with van der Waals surface area (Å²) in [5, 5.41) is 2.87. The van der Waals surface area contributed by atoms with Crippen LogP contribution in [-0.4, -0.2) is 24.8 Å². The molecule has 1 amide bonds. The first-order chi connectivity index (χ1) is 14.6. The number of nitrogens with zero attached hydrogens (tertiary/aromatic N) is 4. The minimum Gasteiger partial charge on any atom is -0.346 e. The van der Waals surface area contributed by atoms with Crippen molar-refractivity contribution in [3.63, 3.8) is 0 Å². The van der Waals surface area contributed by atoms with Crippen LogP contribution in [0.3, 0.4) is 0 Å². The minimum absolute atomic E-state index is 0.170. The van der Waals surface area contributed by atoms with Crippen LogP contribution in [0, 0.1) is 6.92 Å². The van der Waals surface area contributed by atoms with Crippen LogP contribution in [0.2, 0.25) is 0 Å². The fraction of sp³-hybridized carbons (Fsp3) is 0.217. The molecule has 3 aromatic heterocycles. The van der Waals surface area contributed by atoms with Gasteiger partial charge in [0.25, 0.3) is 11.5 Å². The first kappa shape index (κ1) is 18.3. The number of aryl methyl sites for hydroxylation is 2. The summed E-state index contributed by atoms with van der Waals surface area (Å²) in [4.78, 5) is 34.6. The monoisotopic (exact) mass is 399 g/mol. The molecule has 0 radical (unpaired) electrons. The van der Waals surface area contributed by atoms with E-state index in [-0.39, 0.29) is 23.6 Å². The number of pyridine rings is 1. The normalized spacial score (nSPS) is 12.8. The molecule has 1 aromatic carbocycles. The molecule has 0 saturated carbocycles. The third-order valence-electron chi connectivity index (χ3n) is 5.73. The molecule has 1 aliphatic carbocycles. The number of imidazole rings is 1. The Bertz CT molecular complexity index is 1340. The van der Waals surface area contributed by atoms with Crippen molar-refractivity contribution >= 4 is 11.6 Å². The molecule has 150 valence electrons. The van der Waals surface area contributed by atoms with E-state index in [1.807, 2.05) is 22.6 Å². The van der Waals surface area contributed by atoms with Crippen LogP contribution in [-0.2, 0) is 19.4 Å². The third-order valence-corrected chi connectivity index (χ3v) is 5.73. The van der Waals surface area contributed by atoms with Gasteiger partial charge in [0.2, 0.25) is 0 Å². The molecule has 5 rings (SSSR count). The Labute approximate surface area is 173 Å². The maximum atomic E-state index is 13.3. The molecule has 1 N–H and O–H groups in total. The highest BCUT2D eigenvalue weighted by atomic mass is 16.2. The van der Waals surface area contributed by atoms with Crippen molar-refractivity contribution in [2.45, 2.75) is 32.7 Å². The van der Waals surface area contributed by atoms with E-state index < -0.39 is 0 Å². The van der Waals surface area contributed by atoms with E-state index in [0.29, 0.717) is 11.2 Å². The summed E-state index contributed by atoms with van der Waals surface area (Å²) in [6.07, 6.45) is 11.7. The van der Waals surface area contributed by atoms with Crippen molar-refractivity contribution in [3.05, 3.63) is 93.6 Å². The lowest BCUT2D eigenvalue weighted by molar-refractivity contribution is 0.0948. The van der Waals surface area contributed by atoms with Crippen LogP contribution in [0.25, 0.3) is 11.3 Å². The standard InChI is InChI=1S/C23H21N5O2/c1-15-8-10-28(19-7-3-5-16-4-2-6-18(16)19)23(30)21(15)22(29)26-13-17-12-25-20-14-24-9-11-27(17)20/h3,5,7-12,14H,2,4,6,13H2,1H3,(H,26,29). The van der Waals surface area contributed by atoms with E-state index in [1.165, 1.54) is 11.1 Å². The number of aromatic nitrogens is 4. The Kier molecular flexibility index (Phi) is 4.43. The van der Waals surface area contributed by atoms with Crippen molar-refractivity contribution in [2.75, 3.05) is 0 Å². The van der Waals surface area contributed by atoms with Gasteiger partial charge in [0.15, 0.2) is 5.65 Å². The number of benzene rings is 1. The largest absolute Gasteiger partial charge is 0.346 e. The molecule has 3 heterocycles. The second-order valence-electron chi connectivity index (χ2n) is 7.55. The summed E-state index contributed by atoms with van der Waals surface area (Å²) < 4.78 is 3.46. The molecule has 0 atom stereocenters. The quantitative estimate of drug-likeness (QED) is 0.572. The van der Waals surface area contributed by atoms with Crippen LogP contribution < -0.4 is 10.9 Å². The predicted molar refractivity (Wildman–Crippen MR) is 113 cm³/mol. The third kappa shape index (κ3) is 2.99. The maximum absolute atomic E-state index is 13.3. The highest BCUT2D eigenvalue weighted by molar-refractivity contribution is 5.95. The molecule has 0 unspecified atom stereocenters. The fourth-order valence-electron chi connectivity index (χ4n) is 4.20. The van der Waals surface area contributed by atoms with E-state index in [1.54, 1.807) is 42.5 Å². The lowest BCUT2D eigenvalue weighted by atomic mass is 10.1. The number of rotatable bonds is 4. The maximum Gasteiger partial charge on any atom is 0.268 e. The summed E-state index contributed by atoms with van der Waals surface area (Å²) in [5.41, 5.74) is 5.41. The Morgan fingerprint density at radius 3 is 2.97 bits per heavy atom. The van der Waals surface area contributed by atoms with Gasteiger partial charge in [0.05, 0.1) is 30.3 Å². The van der Waals surface area contributed by atoms with E-state index in [2.05, 4.69) is 21.4 Å². The van der Waals surface area contributed by atoms with Crippen LogP contribution in [0.1, 0.15) is 39.2 Å². The first-order valence-electron chi connectivity index (χ1n) is 10.0. The van der Waals surface area contributed by atoms with E-state index in [0.717, 1.165) is 30.6 Å². The second kappa shape index (κ2) is 7.26. The predicted octanol–water partition coefficient (Wildman–Crippen LogP) is 2.61. The zero-order chi connectivity index (χ0) is 20.7. The van der Waals surface area contributed by atoms with Gasteiger partial charge in [0, 0.05) is 18.6 Å². The number of carbonyl (C=O) groups excluding carboxylic acids is 1. The van der Waals surface area contributed by atoms with Crippen molar-refractivity contribution in [2.24, 2.45) is 0 Å². The highest BCUT2D eigenvalue weighted by Gasteiger charge is 2.20. The first-order valence-corrected chi connectivity index (χ1v) is 10.0. The van der Waals surface area contributed by atoms with Gasteiger partial charge in [-0.25, -0.2) is 4.98 Å². The molecular formula is C23H21N5O2.